The summed E-state index contributed by atoms with van der Waals surface area (Å²) < 4.78 is 5.68. The summed E-state index contributed by atoms with van der Waals surface area (Å²) in [6.45, 7) is 1.96. The number of benzene rings is 2. The van der Waals surface area contributed by atoms with Gasteiger partial charge in [0.15, 0.2) is 5.76 Å². The zero-order chi connectivity index (χ0) is 18.4. The highest BCUT2D eigenvalue weighted by atomic mass is 35.5. The standard InChI is InChI=1S/C21H20ClNO2S/c1-15(17-7-3-2-4-8-17)23-21(24)20-11-10-19(25-20)14-26-13-16-6-5-9-18(22)12-16/h2-12,15H,13-14H2,1H3,(H,23,24). The molecule has 0 aliphatic heterocycles. The van der Waals surface area contributed by atoms with E-state index in [-0.39, 0.29) is 11.9 Å². The van der Waals surface area contributed by atoms with Crippen LogP contribution in [0, 0.1) is 0 Å². The summed E-state index contributed by atoms with van der Waals surface area (Å²) in [6, 6.07) is 21.2. The average molecular weight is 386 g/mol. The molecule has 0 spiro atoms. The van der Waals surface area contributed by atoms with E-state index in [0.717, 1.165) is 22.1 Å². The fourth-order valence-electron chi connectivity index (χ4n) is 2.57. The molecule has 0 saturated heterocycles. The summed E-state index contributed by atoms with van der Waals surface area (Å²) >= 11 is 7.71. The third kappa shape index (κ3) is 5.16. The monoisotopic (exact) mass is 385 g/mol. The molecule has 0 saturated carbocycles. The Morgan fingerprint density at radius 2 is 1.88 bits per heavy atom. The number of furan rings is 1. The van der Waals surface area contributed by atoms with Crippen LogP contribution >= 0.6 is 23.4 Å². The molecule has 0 radical (unpaired) electrons. The van der Waals surface area contributed by atoms with E-state index in [1.165, 1.54) is 5.56 Å². The predicted molar refractivity (Wildman–Crippen MR) is 107 cm³/mol. The molecule has 1 aromatic heterocycles. The van der Waals surface area contributed by atoms with Crippen molar-refractivity contribution in [3.8, 4) is 0 Å². The Morgan fingerprint density at radius 3 is 2.65 bits per heavy atom. The maximum Gasteiger partial charge on any atom is 0.287 e. The number of thioether (sulfide) groups is 1. The summed E-state index contributed by atoms with van der Waals surface area (Å²) in [4.78, 5) is 12.3. The van der Waals surface area contributed by atoms with Gasteiger partial charge in [-0.3, -0.25) is 4.79 Å². The lowest BCUT2D eigenvalue weighted by Crippen LogP contribution is -2.26. The molecule has 0 bridgehead atoms. The molecule has 0 aliphatic rings. The Hall–Kier alpha value is -2.17. The molecule has 26 heavy (non-hydrogen) atoms. The molecule has 134 valence electrons. The lowest BCUT2D eigenvalue weighted by molar-refractivity contribution is 0.0910. The van der Waals surface area contributed by atoms with Crippen LogP contribution in [0.25, 0.3) is 0 Å². The van der Waals surface area contributed by atoms with Gasteiger partial charge in [0.05, 0.1) is 11.8 Å². The molecule has 1 amide bonds. The van der Waals surface area contributed by atoms with E-state index in [0.29, 0.717) is 11.5 Å². The second-order valence-electron chi connectivity index (χ2n) is 5.99. The van der Waals surface area contributed by atoms with Gasteiger partial charge in [-0.25, -0.2) is 0 Å². The third-order valence-corrected chi connectivity index (χ3v) is 5.20. The molecule has 2 aromatic carbocycles. The minimum atomic E-state index is -0.201. The Labute approximate surface area is 162 Å². The summed E-state index contributed by atoms with van der Waals surface area (Å²) in [6.07, 6.45) is 0. The van der Waals surface area contributed by atoms with Crippen molar-refractivity contribution in [2.45, 2.75) is 24.5 Å². The average Bonchev–Trinajstić information content (AvgIpc) is 3.11. The van der Waals surface area contributed by atoms with Gasteiger partial charge in [0.1, 0.15) is 5.76 Å². The number of halogens is 1. The largest absolute Gasteiger partial charge is 0.455 e. The summed E-state index contributed by atoms with van der Waals surface area (Å²) in [5, 5.41) is 3.70. The molecule has 0 aliphatic carbocycles. The second kappa shape index (κ2) is 8.97. The van der Waals surface area contributed by atoms with Crippen molar-refractivity contribution < 1.29 is 9.21 Å². The molecule has 1 unspecified atom stereocenters. The zero-order valence-corrected chi connectivity index (χ0v) is 16.0. The van der Waals surface area contributed by atoms with Crippen molar-refractivity contribution in [3.05, 3.63) is 94.4 Å². The van der Waals surface area contributed by atoms with Crippen molar-refractivity contribution in [1.82, 2.24) is 5.32 Å². The first-order valence-electron chi connectivity index (χ1n) is 8.38. The Bertz CT molecular complexity index is 863. The quantitative estimate of drug-likeness (QED) is 0.554. The molecule has 1 heterocycles. The van der Waals surface area contributed by atoms with Crippen LogP contribution in [-0.2, 0) is 11.5 Å². The molecular weight excluding hydrogens is 366 g/mol. The molecule has 3 rings (SSSR count). The number of rotatable bonds is 7. The maximum atomic E-state index is 12.3. The van der Waals surface area contributed by atoms with E-state index >= 15 is 0 Å². The molecule has 3 nitrogen and oxygen atoms in total. The molecule has 0 fully saturated rings. The van der Waals surface area contributed by atoms with E-state index in [1.807, 2.05) is 67.6 Å². The second-order valence-corrected chi connectivity index (χ2v) is 7.42. The summed E-state index contributed by atoms with van der Waals surface area (Å²) in [7, 11) is 0. The molecule has 1 atom stereocenters. The predicted octanol–water partition coefficient (Wildman–Crippen LogP) is 5.86. The van der Waals surface area contributed by atoms with Crippen molar-refractivity contribution in [1.29, 1.82) is 0 Å². The van der Waals surface area contributed by atoms with Gasteiger partial charge in [0.25, 0.3) is 5.91 Å². The van der Waals surface area contributed by atoms with E-state index < -0.39 is 0 Å². The lowest BCUT2D eigenvalue weighted by Gasteiger charge is -2.13. The fraction of sp³-hybridized carbons (Fsp3) is 0.190. The van der Waals surface area contributed by atoms with Crippen LogP contribution in [0.2, 0.25) is 5.02 Å². The number of hydrogen-bond donors (Lipinski definition) is 1. The van der Waals surface area contributed by atoms with Gasteiger partial charge < -0.3 is 9.73 Å². The van der Waals surface area contributed by atoms with Crippen molar-refractivity contribution >= 4 is 29.3 Å². The molecular formula is C21H20ClNO2S. The highest BCUT2D eigenvalue weighted by Crippen LogP contribution is 2.22. The first-order chi connectivity index (χ1) is 12.6. The van der Waals surface area contributed by atoms with Gasteiger partial charge >= 0.3 is 0 Å². The molecule has 3 aromatic rings. The van der Waals surface area contributed by atoms with E-state index in [2.05, 4.69) is 5.32 Å². The Kier molecular flexibility index (Phi) is 6.42. The number of carbonyl (C=O) groups is 1. The Balaban J connectivity index is 1.51. The highest BCUT2D eigenvalue weighted by molar-refractivity contribution is 7.97. The van der Waals surface area contributed by atoms with E-state index in [4.69, 9.17) is 16.0 Å². The van der Waals surface area contributed by atoms with Crippen LogP contribution in [0.3, 0.4) is 0 Å². The topological polar surface area (TPSA) is 42.2 Å². The van der Waals surface area contributed by atoms with Gasteiger partial charge in [0.2, 0.25) is 0 Å². The maximum absolute atomic E-state index is 12.3. The van der Waals surface area contributed by atoms with Crippen LogP contribution in [0.4, 0.5) is 0 Å². The van der Waals surface area contributed by atoms with Crippen LogP contribution < -0.4 is 5.32 Å². The highest BCUT2D eigenvalue weighted by Gasteiger charge is 2.15. The van der Waals surface area contributed by atoms with E-state index in [9.17, 15) is 4.79 Å². The number of hydrogen-bond acceptors (Lipinski definition) is 3. The van der Waals surface area contributed by atoms with Crippen LogP contribution in [0.15, 0.2) is 71.1 Å². The number of carbonyl (C=O) groups excluding carboxylic acids is 1. The lowest BCUT2D eigenvalue weighted by atomic mass is 10.1. The van der Waals surface area contributed by atoms with Crippen molar-refractivity contribution in [3.63, 3.8) is 0 Å². The molecule has 1 N–H and O–H groups in total. The smallest absolute Gasteiger partial charge is 0.287 e. The first kappa shape index (κ1) is 18.6. The minimum Gasteiger partial charge on any atom is -0.455 e. The third-order valence-electron chi connectivity index (χ3n) is 3.93. The molecule has 5 heteroatoms. The number of amides is 1. The van der Waals surface area contributed by atoms with E-state index in [1.54, 1.807) is 17.8 Å². The van der Waals surface area contributed by atoms with Crippen molar-refractivity contribution in [2.24, 2.45) is 0 Å². The first-order valence-corrected chi connectivity index (χ1v) is 9.92. The van der Waals surface area contributed by atoms with Gasteiger partial charge in [-0.15, -0.1) is 11.8 Å². The van der Waals surface area contributed by atoms with Crippen LogP contribution in [-0.4, -0.2) is 5.91 Å². The van der Waals surface area contributed by atoms with Gasteiger partial charge in [0, 0.05) is 10.8 Å². The van der Waals surface area contributed by atoms with Crippen LogP contribution in [0.1, 0.15) is 40.4 Å². The zero-order valence-electron chi connectivity index (χ0n) is 14.4. The summed E-state index contributed by atoms with van der Waals surface area (Å²) in [5.41, 5.74) is 2.23. The van der Waals surface area contributed by atoms with Gasteiger partial charge in [-0.05, 0) is 42.3 Å². The van der Waals surface area contributed by atoms with Gasteiger partial charge in [-0.2, -0.15) is 0 Å². The minimum absolute atomic E-state index is 0.0746. The SMILES string of the molecule is CC(NC(=O)c1ccc(CSCc2cccc(Cl)c2)o1)c1ccccc1. The van der Waals surface area contributed by atoms with Gasteiger partial charge in [-0.1, -0.05) is 54.1 Å². The normalized spacial score (nSPS) is 11.9. The summed E-state index contributed by atoms with van der Waals surface area (Å²) in [5.74, 6) is 2.47. The fourth-order valence-corrected chi connectivity index (χ4v) is 3.65. The number of nitrogens with one attached hydrogen (secondary N) is 1. The van der Waals surface area contributed by atoms with Crippen molar-refractivity contribution in [2.75, 3.05) is 0 Å². The Morgan fingerprint density at radius 1 is 1.08 bits per heavy atom. The van der Waals surface area contributed by atoms with Crippen LogP contribution in [0.5, 0.6) is 0 Å².